The highest BCUT2D eigenvalue weighted by atomic mass is 35.5. The fourth-order valence-electron chi connectivity index (χ4n) is 2.92. The van der Waals surface area contributed by atoms with Gasteiger partial charge in [0, 0.05) is 5.02 Å². The molecule has 3 rings (SSSR count). The van der Waals surface area contributed by atoms with Gasteiger partial charge < -0.3 is 15.0 Å². The number of benzene rings is 2. The number of halogens is 2. The monoisotopic (exact) mass is 461 g/mol. The van der Waals surface area contributed by atoms with Gasteiger partial charge in [0.05, 0.1) is 28.9 Å². The fourth-order valence-corrected chi connectivity index (χ4v) is 3.38. The third-order valence-electron chi connectivity index (χ3n) is 4.71. The highest BCUT2D eigenvalue weighted by Crippen LogP contribution is 2.26. The Labute approximate surface area is 186 Å². The number of ketones is 1. The Morgan fingerprint density at radius 1 is 1.10 bits per heavy atom. The van der Waals surface area contributed by atoms with Crippen molar-refractivity contribution in [2.75, 3.05) is 12.4 Å². The standard InChI is InChI=1S/C21H17Cl2N3O5/c1-9-6-14-15(7-10(9)2)26-19(28)17(24-14)16(21(30)31-3)18(27)20(29)25-13-5-4-11(22)8-12(13)23/h4-8,16H,1-3H3,(H,25,29)(H,26,28)/t16-/m0/s1. The molecule has 0 spiro atoms. The molecule has 31 heavy (non-hydrogen) atoms. The normalized spacial score (nSPS) is 11.8. The van der Waals surface area contributed by atoms with Crippen LogP contribution in [0.5, 0.6) is 0 Å². The van der Waals surface area contributed by atoms with Gasteiger partial charge in [0.15, 0.2) is 5.92 Å². The van der Waals surface area contributed by atoms with Gasteiger partial charge in [-0.25, -0.2) is 4.98 Å². The second-order valence-electron chi connectivity index (χ2n) is 6.80. The van der Waals surface area contributed by atoms with Crippen molar-refractivity contribution in [2.45, 2.75) is 19.8 Å². The number of ether oxygens (including phenoxy) is 1. The van der Waals surface area contributed by atoms with Crippen molar-refractivity contribution < 1.29 is 19.1 Å². The number of rotatable bonds is 5. The summed E-state index contributed by atoms with van der Waals surface area (Å²) in [7, 11) is 1.04. The van der Waals surface area contributed by atoms with E-state index in [9.17, 15) is 19.2 Å². The number of fused-ring (bicyclic) bond motifs is 1. The molecule has 1 atom stereocenters. The van der Waals surface area contributed by atoms with Gasteiger partial charge in [-0.15, -0.1) is 0 Å². The van der Waals surface area contributed by atoms with Crippen molar-refractivity contribution in [1.29, 1.82) is 0 Å². The lowest BCUT2D eigenvalue weighted by atomic mass is 9.99. The van der Waals surface area contributed by atoms with Gasteiger partial charge in [0.2, 0.25) is 5.78 Å². The Balaban J connectivity index is 2.03. The summed E-state index contributed by atoms with van der Waals surface area (Å²) in [6.07, 6.45) is 0. The first kappa shape index (κ1) is 22.5. The van der Waals surface area contributed by atoms with Crippen LogP contribution in [-0.2, 0) is 19.1 Å². The lowest BCUT2D eigenvalue weighted by Gasteiger charge is -2.14. The van der Waals surface area contributed by atoms with E-state index in [4.69, 9.17) is 23.2 Å². The zero-order chi connectivity index (χ0) is 22.9. The SMILES string of the molecule is COC(=O)[C@H](C(=O)C(=O)Nc1ccc(Cl)cc1Cl)c1nc2cc(C)c(C)cc2[nH]c1=O. The number of hydrogen-bond donors (Lipinski definition) is 2. The molecule has 3 aromatic rings. The predicted molar refractivity (Wildman–Crippen MR) is 117 cm³/mol. The molecule has 0 saturated carbocycles. The molecule has 2 aromatic carbocycles. The molecule has 1 aromatic heterocycles. The minimum absolute atomic E-state index is 0.0933. The van der Waals surface area contributed by atoms with Gasteiger partial charge in [-0.3, -0.25) is 19.2 Å². The summed E-state index contributed by atoms with van der Waals surface area (Å²) in [5.41, 5.74) is 1.51. The molecule has 0 saturated heterocycles. The molecular weight excluding hydrogens is 445 g/mol. The maximum Gasteiger partial charge on any atom is 0.323 e. The third kappa shape index (κ3) is 4.60. The van der Waals surface area contributed by atoms with Crippen LogP contribution in [0, 0.1) is 13.8 Å². The van der Waals surface area contributed by atoms with Gasteiger partial charge in [0.25, 0.3) is 11.5 Å². The molecule has 1 amide bonds. The molecule has 8 nitrogen and oxygen atoms in total. The van der Waals surface area contributed by atoms with Gasteiger partial charge in [-0.2, -0.15) is 0 Å². The summed E-state index contributed by atoms with van der Waals surface area (Å²) in [6.45, 7) is 3.72. The zero-order valence-electron chi connectivity index (χ0n) is 16.7. The van der Waals surface area contributed by atoms with Gasteiger partial charge in [-0.1, -0.05) is 23.2 Å². The maximum atomic E-state index is 12.9. The summed E-state index contributed by atoms with van der Waals surface area (Å²) in [6, 6.07) is 7.67. The smallest absolute Gasteiger partial charge is 0.323 e. The van der Waals surface area contributed by atoms with Crippen LogP contribution in [0.3, 0.4) is 0 Å². The number of amides is 1. The van der Waals surface area contributed by atoms with E-state index in [1.54, 1.807) is 12.1 Å². The summed E-state index contributed by atoms with van der Waals surface area (Å²) in [5, 5.41) is 2.74. The average Bonchev–Trinajstić information content (AvgIpc) is 2.71. The molecule has 0 aliphatic heterocycles. The Bertz CT molecular complexity index is 1290. The van der Waals surface area contributed by atoms with Gasteiger partial charge >= 0.3 is 5.97 Å². The van der Waals surface area contributed by atoms with Crippen LogP contribution in [0.15, 0.2) is 35.1 Å². The highest BCUT2D eigenvalue weighted by Gasteiger charge is 2.38. The van der Waals surface area contributed by atoms with Crippen LogP contribution < -0.4 is 10.9 Å². The second kappa shape index (κ2) is 8.87. The van der Waals surface area contributed by atoms with Crippen LogP contribution in [0.4, 0.5) is 5.69 Å². The number of nitrogens with one attached hydrogen (secondary N) is 2. The molecule has 0 aliphatic carbocycles. The first-order valence-corrected chi connectivity index (χ1v) is 9.77. The van der Waals surface area contributed by atoms with Gasteiger partial charge in [0.1, 0.15) is 5.69 Å². The summed E-state index contributed by atoms with van der Waals surface area (Å²) < 4.78 is 4.66. The van der Waals surface area contributed by atoms with E-state index in [1.165, 1.54) is 18.2 Å². The quantitative estimate of drug-likeness (QED) is 0.341. The largest absolute Gasteiger partial charge is 0.468 e. The van der Waals surface area contributed by atoms with Crippen LogP contribution >= 0.6 is 23.2 Å². The molecule has 10 heteroatoms. The van der Waals surface area contributed by atoms with E-state index in [-0.39, 0.29) is 10.7 Å². The predicted octanol–water partition coefficient (Wildman–Crippen LogP) is 3.31. The molecule has 0 bridgehead atoms. The maximum absolute atomic E-state index is 12.9. The minimum atomic E-state index is -1.86. The van der Waals surface area contributed by atoms with E-state index in [0.29, 0.717) is 16.1 Å². The van der Waals surface area contributed by atoms with E-state index < -0.39 is 34.8 Å². The molecule has 0 radical (unpaired) electrons. The molecule has 0 unspecified atom stereocenters. The Morgan fingerprint density at radius 3 is 2.42 bits per heavy atom. The number of methoxy groups -OCH3 is 1. The Morgan fingerprint density at radius 2 is 1.77 bits per heavy atom. The fraction of sp³-hybridized carbons (Fsp3) is 0.190. The van der Waals surface area contributed by atoms with Crippen molar-refractivity contribution in [2.24, 2.45) is 0 Å². The molecule has 0 aliphatic rings. The highest BCUT2D eigenvalue weighted by molar-refractivity contribution is 6.46. The van der Waals surface area contributed by atoms with Crippen LogP contribution in [0.25, 0.3) is 11.0 Å². The summed E-state index contributed by atoms with van der Waals surface area (Å²) in [4.78, 5) is 57.2. The van der Waals surface area contributed by atoms with Crippen molar-refractivity contribution in [3.8, 4) is 0 Å². The number of aromatic nitrogens is 2. The van der Waals surface area contributed by atoms with Gasteiger partial charge in [-0.05, 0) is 55.3 Å². The minimum Gasteiger partial charge on any atom is -0.468 e. The van der Waals surface area contributed by atoms with E-state index in [0.717, 1.165) is 18.2 Å². The molecule has 0 fully saturated rings. The first-order chi connectivity index (χ1) is 14.6. The topological polar surface area (TPSA) is 118 Å². The molecule has 160 valence electrons. The number of hydrogen-bond acceptors (Lipinski definition) is 6. The van der Waals surface area contributed by atoms with E-state index >= 15 is 0 Å². The molecular formula is C21H17Cl2N3O5. The lowest BCUT2D eigenvalue weighted by molar-refractivity contribution is -0.148. The van der Waals surface area contributed by atoms with Crippen LogP contribution in [0.2, 0.25) is 10.0 Å². The molecule has 2 N–H and O–H groups in total. The van der Waals surface area contributed by atoms with E-state index in [2.05, 4.69) is 20.0 Å². The number of carbonyl (C=O) groups is 3. The number of esters is 1. The van der Waals surface area contributed by atoms with Crippen LogP contribution in [-0.4, -0.2) is 34.7 Å². The number of anilines is 1. The van der Waals surface area contributed by atoms with Crippen molar-refractivity contribution >= 4 is 57.6 Å². The number of aromatic amines is 1. The van der Waals surface area contributed by atoms with Crippen molar-refractivity contribution in [1.82, 2.24) is 9.97 Å². The average molecular weight is 462 g/mol. The number of Topliss-reactive ketones (excluding diaryl/α,β-unsaturated/α-hetero) is 1. The Hall–Kier alpha value is -3.23. The third-order valence-corrected chi connectivity index (χ3v) is 5.26. The number of carbonyl (C=O) groups excluding carboxylic acids is 3. The summed E-state index contributed by atoms with van der Waals surface area (Å²) >= 11 is 11.8. The first-order valence-electron chi connectivity index (χ1n) is 9.01. The number of aryl methyl sites for hydroxylation is 2. The number of H-pyrrole nitrogens is 1. The second-order valence-corrected chi connectivity index (χ2v) is 7.65. The Kier molecular flexibility index (Phi) is 6.42. The zero-order valence-corrected chi connectivity index (χ0v) is 18.2. The van der Waals surface area contributed by atoms with Crippen molar-refractivity contribution in [3.05, 3.63) is 67.6 Å². The summed E-state index contributed by atoms with van der Waals surface area (Å²) in [5.74, 6) is -5.34. The number of nitrogens with zero attached hydrogens (tertiary/aromatic N) is 1. The molecule has 1 heterocycles. The van der Waals surface area contributed by atoms with Crippen LogP contribution in [0.1, 0.15) is 22.7 Å². The van der Waals surface area contributed by atoms with Crippen molar-refractivity contribution in [3.63, 3.8) is 0 Å². The lowest BCUT2D eigenvalue weighted by Crippen LogP contribution is -2.37. The van der Waals surface area contributed by atoms with E-state index in [1.807, 2.05) is 13.8 Å².